The number of ether oxygens (including phenoxy) is 2. The van der Waals surface area contributed by atoms with Crippen LogP contribution in [0.25, 0.3) is 0 Å². The summed E-state index contributed by atoms with van der Waals surface area (Å²) >= 11 is 0. The number of nitrogens with zero attached hydrogens (tertiary/aromatic N) is 1. The van der Waals surface area contributed by atoms with Gasteiger partial charge in [0.15, 0.2) is 0 Å². The van der Waals surface area contributed by atoms with E-state index in [1.807, 2.05) is 81.4 Å². The highest BCUT2D eigenvalue weighted by atomic mass is 16.6. The van der Waals surface area contributed by atoms with Gasteiger partial charge in [-0.1, -0.05) is 36.4 Å². The van der Waals surface area contributed by atoms with E-state index in [1.54, 1.807) is 19.6 Å². The summed E-state index contributed by atoms with van der Waals surface area (Å²) in [6.07, 6.45) is 5.68. The number of hydrogen-bond acceptors (Lipinski definition) is 4. The first-order valence-electron chi connectivity index (χ1n) is 10.3. The molecule has 3 rings (SSSR count). The molecule has 1 amide bonds. The average Bonchev–Trinajstić information content (AvgIpc) is 3.28. The molecule has 5 heteroatoms. The Labute approximate surface area is 183 Å². The Kier molecular flexibility index (Phi) is 7.19. The molecule has 0 unspecified atom stereocenters. The molecule has 0 bridgehead atoms. The molecule has 3 aromatic rings. The molecule has 162 valence electrons. The van der Waals surface area contributed by atoms with Gasteiger partial charge in [0.25, 0.3) is 0 Å². The summed E-state index contributed by atoms with van der Waals surface area (Å²) in [5.74, 6) is 1.51. The predicted molar refractivity (Wildman–Crippen MR) is 122 cm³/mol. The van der Waals surface area contributed by atoms with Crippen LogP contribution >= 0.6 is 0 Å². The molecule has 0 aliphatic heterocycles. The Balaban J connectivity index is 1.91. The summed E-state index contributed by atoms with van der Waals surface area (Å²) in [4.78, 5) is 14.5. The van der Waals surface area contributed by atoms with Gasteiger partial charge in [-0.3, -0.25) is 4.90 Å². The lowest BCUT2D eigenvalue weighted by molar-refractivity contribution is 0.0596. The molecule has 0 aliphatic carbocycles. The van der Waals surface area contributed by atoms with Gasteiger partial charge < -0.3 is 13.9 Å². The van der Waals surface area contributed by atoms with Gasteiger partial charge in [-0.05, 0) is 69.2 Å². The number of amides is 1. The van der Waals surface area contributed by atoms with Crippen molar-refractivity contribution in [1.29, 1.82) is 0 Å². The molecule has 31 heavy (non-hydrogen) atoms. The predicted octanol–water partition coefficient (Wildman–Crippen LogP) is 6.57. The zero-order valence-electron chi connectivity index (χ0n) is 18.4. The summed E-state index contributed by atoms with van der Waals surface area (Å²) < 4.78 is 16.5. The van der Waals surface area contributed by atoms with Gasteiger partial charge in [0.2, 0.25) is 0 Å². The Hall–Kier alpha value is -3.47. The summed E-state index contributed by atoms with van der Waals surface area (Å²) in [5.41, 5.74) is 1.26. The molecule has 1 heterocycles. The van der Waals surface area contributed by atoms with E-state index in [-0.39, 0.29) is 5.92 Å². The third-order valence-corrected chi connectivity index (χ3v) is 4.62. The van der Waals surface area contributed by atoms with Crippen molar-refractivity contribution in [3.63, 3.8) is 0 Å². The van der Waals surface area contributed by atoms with Crippen molar-refractivity contribution in [1.82, 2.24) is 0 Å². The van der Waals surface area contributed by atoms with Gasteiger partial charge in [-0.15, -0.1) is 0 Å². The first-order chi connectivity index (χ1) is 14.9. The van der Waals surface area contributed by atoms with Crippen LogP contribution in [-0.2, 0) is 11.2 Å². The quantitative estimate of drug-likeness (QED) is 0.435. The molecule has 0 N–H and O–H groups in total. The second-order valence-electron chi connectivity index (χ2n) is 8.20. The molecule has 0 aliphatic rings. The Morgan fingerprint density at radius 3 is 2.32 bits per heavy atom. The molecule has 1 aromatic heterocycles. The molecule has 1 atom stereocenters. The minimum atomic E-state index is -0.611. The molecule has 0 spiro atoms. The lowest BCUT2D eigenvalue weighted by Gasteiger charge is -2.25. The van der Waals surface area contributed by atoms with E-state index in [4.69, 9.17) is 13.9 Å². The summed E-state index contributed by atoms with van der Waals surface area (Å²) in [5, 5.41) is 0. The maximum atomic E-state index is 13.0. The molecule has 0 saturated heterocycles. The van der Waals surface area contributed by atoms with Gasteiger partial charge >= 0.3 is 6.09 Å². The van der Waals surface area contributed by atoms with E-state index in [9.17, 15) is 4.79 Å². The van der Waals surface area contributed by atoms with Gasteiger partial charge in [0.1, 0.15) is 17.1 Å². The van der Waals surface area contributed by atoms with Crippen LogP contribution in [0.4, 0.5) is 10.5 Å². The van der Waals surface area contributed by atoms with Gasteiger partial charge in [0.05, 0.1) is 19.1 Å². The van der Waals surface area contributed by atoms with Crippen LogP contribution in [0, 0.1) is 0 Å². The minimum absolute atomic E-state index is 0.0411. The Bertz CT molecular complexity index is 971. The number of methoxy groups -OCH3 is 1. The normalized spacial score (nSPS) is 12.5. The second-order valence-corrected chi connectivity index (χ2v) is 8.20. The fraction of sp³-hybridized carbons (Fsp3) is 0.269. The summed E-state index contributed by atoms with van der Waals surface area (Å²) in [7, 11) is 1.61. The van der Waals surface area contributed by atoms with E-state index >= 15 is 0 Å². The van der Waals surface area contributed by atoms with Crippen molar-refractivity contribution in [3.05, 3.63) is 96.6 Å². The van der Waals surface area contributed by atoms with Gasteiger partial charge in [0, 0.05) is 12.1 Å². The number of carbonyl (C=O) groups is 1. The summed E-state index contributed by atoms with van der Waals surface area (Å²) in [6.45, 7) is 5.55. The smallest absolute Gasteiger partial charge is 0.418 e. The maximum absolute atomic E-state index is 13.0. The third kappa shape index (κ3) is 6.51. The highest BCUT2D eigenvalue weighted by Crippen LogP contribution is 2.26. The number of anilines is 1. The standard InChI is InChI=1S/C26H29NO4/c1-26(2,3)31-25(28)27(22-12-14-23(29-4)15-13-22)17-16-21(24-11-8-18-30-24)19-20-9-6-5-7-10-20/h5-18,21H,19H2,1-4H3/b17-16-/t21-/m0/s1. The maximum Gasteiger partial charge on any atom is 0.418 e. The fourth-order valence-corrected chi connectivity index (χ4v) is 3.13. The van der Waals surface area contributed by atoms with E-state index < -0.39 is 11.7 Å². The largest absolute Gasteiger partial charge is 0.497 e. The third-order valence-electron chi connectivity index (χ3n) is 4.62. The van der Waals surface area contributed by atoms with E-state index in [1.165, 1.54) is 10.5 Å². The average molecular weight is 420 g/mol. The minimum Gasteiger partial charge on any atom is -0.497 e. The molecule has 5 nitrogen and oxygen atoms in total. The fourth-order valence-electron chi connectivity index (χ4n) is 3.13. The van der Waals surface area contributed by atoms with Gasteiger partial charge in [-0.2, -0.15) is 0 Å². The van der Waals surface area contributed by atoms with E-state index in [0.29, 0.717) is 5.69 Å². The van der Waals surface area contributed by atoms with Crippen LogP contribution in [0.15, 0.2) is 89.7 Å². The van der Waals surface area contributed by atoms with Crippen molar-refractivity contribution in [3.8, 4) is 5.75 Å². The molecule has 0 radical (unpaired) electrons. The van der Waals surface area contributed by atoms with Crippen LogP contribution in [0.3, 0.4) is 0 Å². The number of rotatable bonds is 7. The topological polar surface area (TPSA) is 51.9 Å². The first kappa shape index (κ1) is 22.2. The number of benzene rings is 2. The van der Waals surface area contributed by atoms with Crippen LogP contribution in [0.5, 0.6) is 5.75 Å². The Morgan fingerprint density at radius 2 is 1.74 bits per heavy atom. The summed E-state index contributed by atoms with van der Waals surface area (Å²) in [6, 6.07) is 21.3. The zero-order chi connectivity index (χ0) is 22.3. The second kappa shape index (κ2) is 10.0. The highest BCUT2D eigenvalue weighted by molar-refractivity contribution is 5.90. The van der Waals surface area contributed by atoms with Crippen LogP contribution < -0.4 is 9.64 Å². The first-order valence-corrected chi connectivity index (χ1v) is 10.3. The highest BCUT2D eigenvalue weighted by Gasteiger charge is 2.23. The lowest BCUT2D eigenvalue weighted by Crippen LogP contribution is -2.33. The van der Waals surface area contributed by atoms with Crippen LogP contribution in [0.1, 0.15) is 38.0 Å². The molecule has 2 aromatic carbocycles. The molecular formula is C26H29NO4. The van der Waals surface area contributed by atoms with Crippen molar-refractivity contribution < 1.29 is 18.7 Å². The van der Waals surface area contributed by atoms with Crippen LogP contribution in [0.2, 0.25) is 0 Å². The SMILES string of the molecule is COc1ccc(N(/C=C\[C@@H](Cc2ccccc2)c2ccco2)C(=O)OC(C)(C)C)cc1. The number of carbonyl (C=O) groups excluding carboxylic acids is 1. The zero-order valence-corrected chi connectivity index (χ0v) is 18.4. The number of hydrogen-bond donors (Lipinski definition) is 0. The van der Waals surface area contributed by atoms with E-state index in [0.717, 1.165) is 17.9 Å². The van der Waals surface area contributed by atoms with Crippen molar-refractivity contribution in [2.24, 2.45) is 0 Å². The van der Waals surface area contributed by atoms with Crippen molar-refractivity contribution in [2.45, 2.75) is 38.7 Å². The molecule has 0 saturated carbocycles. The van der Waals surface area contributed by atoms with E-state index in [2.05, 4.69) is 12.1 Å². The number of furan rings is 1. The van der Waals surface area contributed by atoms with Gasteiger partial charge in [-0.25, -0.2) is 4.79 Å². The van der Waals surface area contributed by atoms with Crippen molar-refractivity contribution in [2.75, 3.05) is 12.0 Å². The lowest BCUT2D eigenvalue weighted by atomic mass is 9.97. The molecule has 0 fully saturated rings. The van der Waals surface area contributed by atoms with Crippen molar-refractivity contribution >= 4 is 11.8 Å². The monoisotopic (exact) mass is 419 g/mol. The Morgan fingerprint density at radius 1 is 1.03 bits per heavy atom. The number of allylic oxidation sites excluding steroid dienone is 1. The molecular weight excluding hydrogens is 390 g/mol. The van der Waals surface area contributed by atoms with Crippen LogP contribution in [-0.4, -0.2) is 18.8 Å².